The van der Waals surface area contributed by atoms with Crippen molar-refractivity contribution in [3.8, 4) is 0 Å². The Balaban J connectivity index is 1.85. The molecule has 0 aliphatic rings. The number of aromatic nitrogens is 2. The highest BCUT2D eigenvalue weighted by atomic mass is 35.5. The van der Waals surface area contributed by atoms with Crippen LogP contribution in [0.3, 0.4) is 0 Å². The maximum absolute atomic E-state index is 12.6. The van der Waals surface area contributed by atoms with E-state index >= 15 is 0 Å². The fourth-order valence-corrected chi connectivity index (χ4v) is 3.36. The molecule has 2 aromatic carbocycles. The third kappa shape index (κ3) is 3.92. The van der Waals surface area contributed by atoms with Gasteiger partial charge in [-0.05, 0) is 44.5 Å². The maximum atomic E-state index is 12.6. The molecule has 0 fully saturated rings. The average Bonchev–Trinajstić information content (AvgIpc) is 2.82. The number of hydrogen-bond donors (Lipinski definition) is 1. The molecule has 1 heterocycles. The number of rotatable bonds is 4. The molecule has 1 amide bonds. The van der Waals surface area contributed by atoms with Gasteiger partial charge in [-0.3, -0.25) is 9.48 Å². The molecule has 26 heavy (non-hydrogen) atoms. The van der Waals surface area contributed by atoms with Crippen LogP contribution in [0.2, 0.25) is 10.0 Å². The predicted octanol–water partition coefficient (Wildman–Crippen LogP) is 5.42. The van der Waals surface area contributed by atoms with Crippen LogP contribution in [0.4, 0.5) is 5.69 Å². The normalized spacial score (nSPS) is 10.8. The number of nitrogens with one attached hydrogen (secondary N) is 1. The minimum Gasteiger partial charge on any atom is -0.319 e. The first-order chi connectivity index (χ1) is 12.3. The number of amides is 1. The molecule has 0 spiro atoms. The molecule has 6 heteroatoms. The summed E-state index contributed by atoms with van der Waals surface area (Å²) in [7, 11) is 0. The highest BCUT2D eigenvalue weighted by Gasteiger charge is 2.17. The molecule has 0 aliphatic heterocycles. The molecule has 4 nitrogen and oxygen atoms in total. The van der Waals surface area contributed by atoms with E-state index in [9.17, 15) is 4.79 Å². The summed E-state index contributed by atoms with van der Waals surface area (Å²) in [6, 6.07) is 13.1. The summed E-state index contributed by atoms with van der Waals surface area (Å²) >= 11 is 12.0. The van der Waals surface area contributed by atoms with E-state index in [1.54, 1.807) is 18.2 Å². The fourth-order valence-electron chi connectivity index (χ4n) is 2.87. The standard InChI is InChI=1S/C20H19Cl2N3O/c1-12-5-4-6-15(9-12)11-25-14(3)19(13(2)24-25)23-20(26)17-8-7-16(21)10-18(17)22/h4-10H,11H2,1-3H3,(H,23,26). The second-order valence-electron chi connectivity index (χ2n) is 6.27. The monoisotopic (exact) mass is 387 g/mol. The summed E-state index contributed by atoms with van der Waals surface area (Å²) in [6.07, 6.45) is 0. The molecular formula is C20H19Cl2N3O. The number of aryl methyl sites for hydroxylation is 2. The maximum Gasteiger partial charge on any atom is 0.257 e. The molecule has 0 radical (unpaired) electrons. The zero-order chi connectivity index (χ0) is 18.8. The van der Waals surface area contributed by atoms with Crippen molar-refractivity contribution in [2.45, 2.75) is 27.3 Å². The van der Waals surface area contributed by atoms with Crippen LogP contribution in [0.15, 0.2) is 42.5 Å². The third-order valence-electron chi connectivity index (χ3n) is 4.21. The van der Waals surface area contributed by atoms with E-state index in [2.05, 4.69) is 35.5 Å². The average molecular weight is 388 g/mol. The number of benzene rings is 2. The van der Waals surface area contributed by atoms with Gasteiger partial charge in [0.2, 0.25) is 0 Å². The van der Waals surface area contributed by atoms with Crippen molar-refractivity contribution < 1.29 is 4.79 Å². The quantitative estimate of drug-likeness (QED) is 0.649. The van der Waals surface area contributed by atoms with Gasteiger partial charge in [0.15, 0.2) is 0 Å². The summed E-state index contributed by atoms with van der Waals surface area (Å²) in [4.78, 5) is 12.6. The Bertz CT molecular complexity index is 979. The second kappa shape index (κ2) is 7.52. The van der Waals surface area contributed by atoms with Gasteiger partial charge in [0.25, 0.3) is 5.91 Å². The Morgan fingerprint density at radius 2 is 1.88 bits per heavy atom. The van der Waals surface area contributed by atoms with Crippen LogP contribution >= 0.6 is 23.2 Å². The molecule has 3 rings (SSSR count). The van der Waals surface area contributed by atoms with Gasteiger partial charge in [0.1, 0.15) is 0 Å². The van der Waals surface area contributed by atoms with Crippen molar-refractivity contribution >= 4 is 34.8 Å². The molecule has 0 saturated heterocycles. The molecule has 0 atom stereocenters. The number of carbonyl (C=O) groups is 1. The van der Waals surface area contributed by atoms with Gasteiger partial charge in [0.05, 0.1) is 34.2 Å². The third-order valence-corrected chi connectivity index (χ3v) is 4.76. The SMILES string of the molecule is Cc1cccc(Cn2nc(C)c(NC(=O)c3ccc(Cl)cc3Cl)c2C)c1. The minimum atomic E-state index is -0.284. The predicted molar refractivity (Wildman–Crippen MR) is 106 cm³/mol. The van der Waals surface area contributed by atoms with Crippen LogP contribution in [-0.2, 0) is 6.54 Å². The van der Waals surface area contributed by atoms with Crippen LogP contribution in [-0.4, -0.2) is 15.7 Å². The van der Waals surface area contributed by atoms with Crippen LogP contribution in [0.1, 0.15) is 32.9 Å². The van der Waals surface area contributed by atoms with Gasteiger partial charge in [0, 0.05) is 5.02 Å². The molecule has 1 aromatic heterocycles. The Morgan fingerprint density at radius 1 is 1.12 bits per heavy atom. The Morgan fingerprint density at radius 3 is 2.58 bits per heavy atom. The van der Waals surface area contributed by atoms with Crippen LogP contribution in [0, 0.1) is 20.8 Å². The van der Waals surface area contributed by atoms with E-state index in [4.69, 9.17) is 23.2 Å². The lowest BCUT2D eigenvalue weighted by Gasteiger charge is -2.09. The highest BCUT2D eigenvalue weighted by Crippen LogP contribution is 2.25. The van der Waals surface area contributed by atoms with E-state index < -0.39 is 0 Å². The molecule has 1 N–H and O–H groups in total. The molecule has 0 bridgehead atoms. The first-order valence-electron chi connectivity index (χ1n) is 8.21. The smallest absolute Gasteiger partial charge is 0.257 e. The fraction of sp³-hybridized carbons (Fsp3) is 0.200. The van der Waals surface area contributed by atoms with Crippen LogP contribution < -0.4 is 5.32 Å². The lowest BCUT2D eigenvalue weighted by atomic mass is 10.1. The summed E-state index contributed by atoms with van der Waals surface area (Å²) in [6.45, 7) is 6.52. The number of nitrogens with zero attached hydrogens (tertiary/aromatic N) is 2. The zero-order valence-corrected chi connectivity index (χ0v) is 16.3. The lowest BCUT2D eigenvalue weighted by Crippen LogP contribution is -2.14. The molecule has 0 aliphatic carbocycles. The molecule has 3 aromatic rings. The Hall–Kier alpha value is -2.30. The number of anilines is 1. The summed E-state index contributed by atoms with van der Waals surface area (Å²) in [5, 5.41) is 8.30. The topological polar surface area (TPSA) is 46.9 Å². The van der Waals surface area contributed by atoms with E-state index in [1.807, 2.05) is 24.6 Å². The van der Waals surface area contributed by atoms with Gasteiger partial charge in [-0.2, -0.15) is 5.10 Å². The molecule has 134 valence electrons. The van der Waals surface area contributed by atoms with Crippen molar-refractivity contribution in [3.63, 3.8) is 0 Å². The van der Waals surface area contributed by atoms with Gasteiger partial charge in [-0.25, -0.2) is 0 Å². The highest BCUT2D eigenvalue weighted by molar-refractivity contribution is 6.37. The molecular weight excluding hydrogens is 369 g/mol. The van der Waals surface area contributed by atoms with Crippen molar-refractivity contribution in [1.29, 1.82) is 0 Å². The van der Waals surface area contributed by atoms with Gasteiger partial charge in [-0.1, -0.05) is 53.0 Å². The molecule has 0 saturated carbocycles. The Kier molecular flexibility index (Phi) is 5.35. The van der Waals surface area contributed by atoms with E-state index in [1.165, 1.54) is 5.56 Å². The lowest BCUT2D eigenvalue weighted by molar-refractivity contribution is 0.102. The van der Waals surface area contributed by atoms with Crippen molar-refractivity contribution in [2.24, 2.45) is 0 Å². The summed E-state index contributed by atoms with van der Waals surface area (Å²) in [5.41, 5.74) is 5.09. The van der Waals surface area contributed by atoms with Crippen molar-refractivity contribution in [2.75, 3.05) is 5.32 Å². The van der Waals surface area contributed by atoms with Crippen LogP contribution in [0.25, 0.3) is 0 Å². The number of halogens is 2. The number of hydrogen-bond acceptors (Lipinski definition) is 2. The van der Waals surface area contributed by atoms with E-state index in [0.717, 1.165) is 17.0 Å². The molecule has 0 unspecified atom stereocenters. The van der Waals surface area contributed by atoms with Crippen molar-refractivity contribution in [1.82, 2.24) is 9.78 Å². The first-order valence-corrected chi connectivity index (χ1v) is 8.96. The van der Waals surface area contributed by atoms with E-state index in [-0.39, 0.29) is 5.91 Å². The second-order valence-corrected chi connectivity index (χ2v) is 7.11. The van der Waals surface area contributed by atoms with Gasteiger partial charge < -0.3 is 5.32 Å². The van der Waals surface area contributed by atoms with Gasteiger partial charge in [-0.15, -0.1) is 0 Å². The zero-order valence-electron chi connectivity index (χ0n) is 14.8. The summed E-state index contributed by atoms with van der Waals surface area (Å²) in [5.74, 6) is -0.284. The minimum absolute atomic E-state index is 0.284. The number of carbonyl (C=O) groups excluding carboxylic acids is 1. The van der Waals surface area contributed by atoms with Crippen LogP contribution in [0.5, 0.6) is 0 Å². The first kappa shape index (κ1) is 18.5. The summed E-state index contributed by atoms with van der Waals surface area (Å²) < 4.78 is 1.89. The van der Waals surface area contributed by atoms with Gasteiger partial charge >= 0.3 is 0 Å². The van der Waals surface area contributed by atoms with Crippen molar-refractivity contribution in [3.05, 3.63) is 80.6 Å². The van der Waals surface area contributed by atoms with E-state index in [0.29, 0.717) is 27.8 Å². The Labute approximate surface area is 162 Å². The largest absolute Gasteiger partial charge is 0.319 e.